The van der Waals surface area contributed by atoms with Gasteiger partial charge in [0.05, 0.1) is 6.04 Å². The van der Waals surface area contributed by atoms with Gasteiger partial charge in [0, 0.05) is 13.0 Å². The van der Waals surface area contributed by atoms with Crippen molar-refractivity contribution in [3.8, 4) is 0 Å². The fourth-order valence-electron chi connectivity index (χ4n) is 3.87. The molecule has 1 heterocycles. The van der Waals surface area contributed by atoms with Gasteiger partial charge >= 0.3 is 6.09 Å². The molecule has 1 aliphatic carbocycles. The molecule has 0 radical (unpaired) electrons. The molecule has 3 N–H and O–H groups in total. The Morgan fingerprint density at radius 3 is 2.70 bits per heavy atom. The largest absolute Gasteiger partial charge is 0.507 e. The van der Waals surface area contributed by atoms with Gasteiger partial charge in [-0.1, -0.05) is 12.5 Å². The van der Waals surface area contributed by atoms with E-state index < -0.39 is 29.4 Å². The Bertz CT molecular complexity index is 734. The summed E-state index contributed by atoms with van der Waals surface area (Å²) >= 11 is 0. The number of alkyl carbamates (subject to hydrolysis) is 1. The molecular weight excluding hydrogens is 388 g/mol. The lowest BCUT2D eigenvalue weighted by Crippen LogP contribution is -2.34. The maximum absolute atomic E-state index is 12.5. The minimum absolute atomic E-state index is 0.159. The average molecular weight is 421 g/mol. The predicted octanol–water partition coefficient (Wildman–Crippen LogP) is 2.73. The Balaban J connectivity index is 1.88. The van der Waals surface area contributed by atoms with Gasteiger partial charge in [0.25, 0.3) is 5.91 Å². The number of carbonyl (C=O) groups is 4. The summed E-state index contributed by atoms with van der Waals surface area (Å²) in [6.45, 7) is 5.61. The first-order valence-electron chi connectivity index (χ1n) is 10.5. The van der Waals surface area contributed by atoms with E-state index in [1.165, 1.54) is 6.08 Å². The van der Waals surface area contributed by atoms with E-state index in [1.54, 1.807) is 26.8 Å². The minimum atomic E-state index is -0.724. The van der Waals surface area contributed by atoms with Gasteiger partial charge < -0.3 is 25.3 Å². The molecule has 30 heavy (non-hydrogen) atoms. The topological polar surface area (TPSA) is 122 Å². The minimum Gasteiger partial charge on any atom is -0.507 e. The van der Waals surface area contributed by atoms with Crippen molar-refractivity contribution in [1.82, 2.24) is 10.6 Å². The zero-order valence-electron chi connectivity index (χ0n) is 17.9. The highest BCUT2D eigenvalue weighted by Crippen LogP contribution is 2.34. The molecule has 3 atom stereocenters. The number of aliphatic hydroxyl groups is 1. The molecule has 1 saturated heterocycles. The van der Waals surface area contributed by atoms with Crippen LogP contribution in [0.15, 0.2) is 23.5 Å². The molecule has 0 aromatic carbocycles. The normalized spacial score (nSPS) is 26.0. The third-order valence-electron chi connectivity index (χ3n) is 5.31. The van der Waals surface area contributed by atoms with Gasteiger partial charge in [-0.3, -0.25) is 9.59 Å². The van der Waals surface area contributed by atoms with E-state index in [0.717, 1.165) is 25.5 Å². The SMILES string of the molecule is CC(C)(C)OC(=O)NCCCC1NC(=O)/C(=C(O)/C=C/C2CCC[C@@H]2CC=O)C1=O. The number of Topliss-reactive ketones (excluding diaryl/α,β-unsaturated/α-hetero) is 1. The van der Waals surface area contributed by atoms with Crippen molar-refractivity contribution < 1.29 is 29.0 Å². The molecular formula is C22H32N2O6. The van der Waals surface area contributed by atoms with Crippen molar-refractivity contribution in [2.24, 2.45) is 11.8 Å². The lowest BCUT2D eigenvalue weighted by molar-refractivity contribution is -0.117. The van der Waals surface area contributed by atoms with Crippen molar-refractivity contribution in [3.05, 3.63) is 23.5 Å². The van der Waals surface area contributed by atoms with E-state index in [9.17, 15) is 24.3 Å². The van der Waals surface area contributed by atoms with Gasteiger partial charge in [-0.05, 0) is 64.4 Å². The van der Waals surface area contributed by atoms with Gasteiger partial charge in [0.15, 0.2) is 5.78 Å². The predicted molar refractivity (Wildman–Crippen MR) is 111 cm³/mol. The molecule has 2 amide bonds. The average Bonchev–Trinajstić information content (AvgIpc) is 3.19. The van der Waals surface area contributed by atoms with Crippen LogP contribution in [0.2, 0.25) is 0 Å². The Morgan fingerprint density at radius 2 is 2.03 bits per heavy atom. The Morgan fingerprint density at radius 1 is 1.30 bits per heavy atom. The Hall–Kier alpha value is -2.64. The van der Waals surface area contributed by atoms with Crippen LogP contribution in [0.25, 0.3) is 0 Å². The summed E-state index contributed by atoms with van der Waals surface area (Å²) in [6.07, 6.45) is 7.76. The van der Waals surface area contributed by atoms with E-state index in [4.69, 9.17) is 4.74 Å². The molecule has 2 rings (SSSR count). The maximum atomic E-state index is 12.5. The van der Waals surface area contributed by atoms with E-state index in [0.29, 0.717) is 25.8 Å². The number of rotatable bonds is 8. The molecule has 2 unspecified atom stereocenters. The highest BCUT2D eigenvalue weighted by Gasteiger charge is 2.37. The quantitative estimate of drug-likeness (QED) is 0.182. The van der Waals surface area contributed by atoms with Crippen LogP contribution in [-0.2, 0) is 19.1 Å². The van der Waals surface area contributed by atoms with Crippen LogP contribution in [0.5, 0.6) is 0 Å². The summed E-state index contributed by atoms with van der Waals surface area (Å²) in [7, 11) is 0. The number of aliphatic hydroxyl groups excluding tert-OH is 1. The monoisotopic (exact) mass is 420 g/mol. The summed E-state index contributed by atoms with van der Waals surface area (Å²) in [4.78, 5) is 47.1. The van der Waals surface area contributed by atoms with Crippen LogP contribution in [0.3, 0.4) is 0 Å². The Kier molecular flexibility index (Phi) is 8.20. The number of carbonyl (C=O) groups excluding carboxylic acids is 4. The fourth-order valence-corrected chi connectivity index (χ4v) is 3.87. The zero-order valence-corrected chi connectivity index (χ0v) is 17.9. The fraction of sp³-hybridized carbons (Fsp3) is 0.636. The zero-order chi connectivity index (χ0) is 22.3. The van der Waals surface area contributed by atoms with Crippen molar-refractivity contribution in [2.45, 2.75) is 70.9 Å². The lowest BCUT2D eigenvalue weighted by atomic mass is 9.93. The second-order valence-electron chi connectivity index (χ2n) is 8.84. The summed E-state index contributed by atoms with van der Waals surface area (Å²) < 4.78 is 5.13. The van der Waals surface area contributed by atoms with Gasteiger partial charge in [-0.2, -0.15) is 0 Å². The highest BCUT2D eigenvalue weighted by molar-refractivity contribution is 6.27. The number of amides is 2. The Labute approximate surface area is 177 Å². The number of ketones is 1. The van der Waals surface area contributed by atoms with E-state index in [-0.39, 0.29) is 23.2 Å². The maximum Gasteiger partial charge on any atom is 0.407 e. The molecule has 0 spiro atoms. The standard InChI is InChI=1S/C22H32N2O6/c1-22(2,3)30-21(29)23-12-5-8-16-19(27)18(20(28)24-16)17(26)10-9-14-6-4-7-15(14)11-13-25/h9-10,13-16,26H,4-8,11-12H2,1-3H3,(H,23,29)(H,24,28)/b10-9+,18-17-/t14?,15-,16?/m1/s1. The van der Waals surface area contributed by atoms with Crippen LogP contribution < -0.4 is 10.6 Å². The summed E-state index contributed by atoms with van der Waals surface area (Å²) in [5.41, 5.74) is -0.822. The molecule has 0 aromatic rings. The van der Waals surface area contributed by atoms with Gasteiger partial charge in [0.2, 0.25) is 0 Å². The molecule has 8 nitrogen and oxygen atoms in total. The molecule has 0 bridgehead atoms. The van der Waals surface area contributed by atoms with Crippen LogP contribution in [0, 0.1) is 11.8 Å². The molecule has 2 fully saturated rings. The second kappa shape index (κ2) is 10.4. The van der Waals surface area contributed by atoms with Gasteiger partial charge in [-0.15, -0.1) is 0 Å². The summed E-state index contributed by atoms with van der Waals surface area (Å²) in [6, 6.07) is -0.724. The van der Waals surface area contributed by atoms with E-state index in [2.05, 4.69) is 10.6 Å². The van der Waals surface area contributed by atoms with E-state index in [1.807, 2.05) is 0 Å². The molecule has 1 saturated carbocycles. The molecule has 2 aliphatic rings. The van der Waals surface area contributed by atoms with Crippen LogP contribution in [0.4, 0.5) is 4.79 Å². The van der Waals surface area contributed by atoms with Crippen LogP contribution >= 0.6 is 0 Å². The lowest BCUT2D eigenvalue weighted by Gasteiger charge is -2.19. The first-order chi connectivity index (χ1) is 14.1. The summed E-state index contributed by atoms with van der Waals surface area (Å²) in [5, 5.41) is 15.5. The number of hydrogen-bond acceptors (Lipinski definition) is 6. The molecule has 8 heteroatoms. The van der Waals surface area contributed by atoms with Gasteiger partial charge in [0.1, 0.15) is 23.2 Å². The highest BCUT2D eigenvalue weighted by atomic mass is 16.6. The van der Waals surface area contributed by atoms with Crippen LogP contribution in [0.1, 0.15) is 59.3 Å². The second-order valence-corrected chi connectivity index (χ2v) is 8.84. The molecule has 0 aromatic heterocycles. The number of aldehydes is 1. The van der Waals surface area contributed by atoms with Crippen molar-refractivity contribution >= 4 is 24.1 Å². The van der Waals surface area contributed by atoms with Gasteiger partial charge in [-0.25, -0.2) is 4.79 Å². The molecule has 166 valence electrons. The van der Waals surface area contributed by atoms with E-state index >= 15 is 0 Å². The number of allylic oxidation sites excluding steroid dienone is 2. The van der Waals surface area contributed by atoms with Crippen molar-refractivity contribution in [2.75, 3.05) is 6.54 Å². The van der Waals surface area contributed by atoms with Crippen LogP contribution in [-0.4, -0.2) is 47.4 Å². The number of ether oxygens (including phenoxy) is 1. The smallest absolute Gasteiger partial charge is 0.407 e. The van der Waals surface area contributed by atoms with Crippen molar-refractivity contribution in [1.29, 1.82) is 0 Å². The first-order valence-corrected chi connectivity index (χ1v) is 10.5. The first kappa shape index (κ1) is 23.6. The third kappa shape index (κ3) is 6.71. The number of hydrogen-bond donors (Lipinski definition) is 3. The third-order valence-corrected chi connectivity index (χ3v) is 5.31. The van der Waals surface area contributed by atoms with Crippen molar-refractivity contribution in [3.63, 3.8) is 0 Å². The molecule has 1 aliphatic heterocycles. The number of nitrogens with one attached hydrogen (secondary N) is 2. The summed E-state index contributed by atoms with van der Waals surface area (Å²) in [5.74, 6) is -0.982.